The minimum atomic E-state index is 0.00954. The van der Waals surface area contributed by atoms with Crippen molar-refractivity contribution in [2.24, 2.45) is 0 Å². The summed E-state index contributed by atoms with van der Waals surface area (Å²) in [5.74, 6) is 0.00954. The summed E-state index contributed by atoms with van der Waals surface area (Å²) in [5, 5.41) is 3.97. The molecule has 0 saturated heterocycles. The van der Waals surface area contributed by atoms with Crippen molar-refractivity contribution in [2.45, 2.75) is 13.3 Å². The van der Waals surface area contributed by atoms with Gasteiger partial charge in [-0.3, -0.25) is 4.79 Å². The fourth-order valence-electron chi connectivity index (χ4n) is 0.232. The maximum absolute atomic E-state index is 10.4. The molecule has 0 aliphatic heterocycles. The first-order valence-electron chi connectivity index (χ1n) is 2.39. The van der Waals surface area contributed by atoms with Crippen molar-refractivity contribution < 1.29 is 4.79 Å². The number of hydrogen-bond acceptors (Lipinski definition) is 2. The summed E-state index contributed by atoms with van der Waals surface area (Å²) in [5.41, 5.74) is 0. The summed E-state index contributed by atoms with van der Waals surface area (Å²) in [6.45, 7) is 1.79. The SMILES string of the molecule is CCC(=O)N/C=C\S. The number of carbonyl (C=O) groups excluding carboxylic acids is 1. The van der Waals surface area contributed by atoms with Gasteiger partial charge in [-0.05, 0) is 5.41 Å². The van der Waals surface area contributed by atoms with E-state index in [2.05, 4.69) is 17.9 Å². The first-order valence-corrected chi connectivity index (χ1v) is 2.91. The topological polar surface area (TPSA) is 29.1 Å². The molecule has 0 unspecified atom stereocenters. The van der Waals surface area contributed by atoms with E-state index in [0.29, 0.717) is 6.42 Å². The van der Waals surface area contributed by atoms with Crippen LogP contribution in [0.4, 0.5) is 0 Å². The second-order valence-electron chi connectivity index (χ2n) is 1.24. The number of nitrogens with one attached hydrogen (secondary N) is 1. The molecule has 3 heteroatoms. The molecule has 0 fully saturated rings. The third-order valence-electron chi connectivity index (χ3n) is 0.640. The maximum atomic E-state index is 10.4. The van der Waals surface area contributed by atoms with Gasteiger partial charge in [0.15, 0.2) is 0 Å². The molecular weight excluding hydrogens is 122 g/mol. The Morgan fingerprint density at radius 2 is 2.50 bits per heavy atom. The molecule has 0 aromatic heterocycles. The smallest absolute Gasteiger partial charge is 0.223 e. The monoisotopic (exact) mass is 131 g/mol. The Morgan fingerprint density at radius 1 is 1.88 bits per heavy atom. The van der Waals surface area contributed by atoms with Crippen molar-refractivity contribution in [1.82, 2.24) is 5.32 Å². The van der Waals surface area contributed by atoms with Crippen LogP contribution in [-0.2, 0) is 4.79 Å². The van der Waals surface area contributed by atoms with E-state index >= 15 is 0 Å². The molecule has 0 aliphatic carbocycles. The highest BCUT2D eigenvalue weighted by molar-refractivity contribution is 7.83. The molecule has 0 bridgehead atoms. The second-order valence-corrected chi connectivity index (χ2v) is 1.53. The lowest BCUT2D eigenvalue weighted by Crippen LogP contribution is -2.14. The fourth-order valence-corrected chi connectivity index (χ4v) is 0.307. The molecule has 1 N–H and O–H groups in total. The van der Waals surface area contributed by atoms with Gasteiger partial charge in [0.2, 0.25) is 5.91 Å². The van der Waals surface area contributed by atoms with E-state index in [0.717, 1.165) is 0 Å². The predicted octanol–water partition coefficient (Wildman–Crippen LogP) is 0.914. The second kappa shape index (κ2) is 4.71. The van der Waals surface area contributed by atoms with Gasteiger partial charge in [-0.25, -0.2) is 0 Å². The predicted molar refractivity (Wildman–Crippen MR) is 36.6 cm³/mol. The highest BCUT2D eigenvalue weighted by atomic mass is 32.1. The molecule has 0 aromatic carbocycles. The zero-order chi connectivity index (χ0) is 6.41. The van der Waals surface area contributed by atoms with Crippen LogP contribution >= 0.6 is 12.6 Å². The molecule has 0 heterocycles. The van der Waals surface area contributed by atoms with Crippen molar-refractivity contribution in [2.75, 3.05) is 0 Å². The van der Waals surface area contributed by atoms with Crippen molar-refractivity contribution in [3.8, 4) is 0 Å². The summed E-state index contributed by atoms with van der Waals surface area (Å²) in [7, 11) is 0. The van der Waals surface area contributed by atoms with E-state index in [-0.39, 0.29) is 5.91 Å². The number of thiol groups is 1. The van der Waals surface area contributed by atoms with Crippen molar-refractivity contribution in [3.63, 3.8) is 0 Å². The molecular formula is C5H9NOS. The number of rotatable bonds is 2. The van der Waals surface area contributed by atoms with Crippen molar-refractivity contribution in [3.05, 3.63) is 11.6 Å². The first kappa shape index (κ1) is 7.56. The van der Waals surface area contributed by atoms with Crippen LogP contribution in [0.15, 0.2) is 11.6 Å². The summed E-state index contributed by atoms with van der Waals surface area (Å²) in [6, 6.07) is 0. The van der Waals surface area contributed by atoms with Gasteiger partial charge in [-0.15, -0.1) is 12.6 Å². The van der Waals surface area contributed by atoms with Gasteiger partial charge in [-0.2, -0.15) is 0 Å². The van der Waals surface area contributed by atoms with Gasteiger partial charge in [0.05, 0.1) is 0 Å². The number of amides is 1. The minimum Gasteiger partial charge on any atom is -0.332 e. The molecule has 46 valence electrons. The summed E-state index contributed by atoms with van der Waals surface area (Å²) < 4.78 is 0. The Kier molecular flexibility index (Phi) is 4.45. The zero-order valence-corrected chi connectivity index (χ0v) is 5.61. The molecule has 0 rings (SSSR count). The van der Waals surface area contributed by atoms with Crippen LogP contribution in [0.3, 0.4) is 0 Å². The van der Waals surface area contributed by atoms with E-state index in [1.807, 2.05) is 0 Å². The van der Waals surface area contributed by atoms with E-state index in [4.69, 9.17) is 0 Å². The van der Waals surface area contributed by atoms with Gasteiger partial charge < -0.3 is 5.32 Å². The third kappa shape index (κ3) is 3.74. The first-order chi connectivity index (χ1) is 3.81. The van der Waals surface area contributed by atoms with Gasteiger partial charge in [0.1, 0.15) is 0 Å². The van der Waals surface area contributed by atoms with Gasteiger partial charge in [0.25, 0.3) is 0 Å². The number of carbonyl (C=O) groups is 1. The van der Waals surface area contributed by atoms with E-state index in [1.165, 1.54) is 11.6 Å². The van der Waals surface area contributed by atoms with Crippen LogP contribution in [0.5, 0.6) is 0 Å². The quantitative estimate of drug-likeness (QED) is 0.536. The average Bonchev–Trinajstić information content (AvgIpc) is 1.83. The lowest BCUT2D eigenvalue weighted by atomic mass is 10.5. The van der Waals surface area contributed by atoms with Crippen LogP contribution < -0.4 is 5.32 Å². The zero-order valence-electron chi connectivity index (χ0n) is 4.72. The van der Waals surface area contributed by atoms with Crippen molar-refractivity contribution in [1.29, 1.82) is 0 Å². The van der Waals surface area contributed by atoms with Crippen LogP contribution in [0.2, 0.25) is 0 Å². The van der Waals surface area contributed by atoms with Gasteiger partial charge in [0, 0.05) is 12.6 Å². The third-order valence-corrected chi connectivity index (χ3v) is 0.789. The lowest BCUT2D eigenvalue weighted by Gasteiger charge is -1.90. The van der Waals surface area contributed by atoms with Gasteiger partial charge >= 0.3 is 0 Å². The van der Waals surface area contributed by atoms with Crippen LogP contribution in [0.1, 0.15) is 13.3 Å². The molecule has 0 atom stereocenters. The highest BCUT2D eigenvalue weighted by Gasteiger charge is 1.87. The molecule has 0 aliphatic rings. The lowest BCUT2D eigenvalue weighted by molar-refractivity contribution is -0.119. The number of hydrogen-bond donors (Lipinski definition) is 2. The maximum Gasteiger partial charge on any atom is 0.223 e. The molecule has 0 saturated carbocycles. The Hall–Kier alpha value is -0.440. The summed E-state index contributed by atoms with van der Waals surface area (Å²) in [4.78, 5) is 10.4. The van der Waals surface area contributed by atoms with E-state index < -0.39 is 0 Å². The Bertz CT molecular complexity index is 101. The Labute approximate surface area is 54.4 Å². The molecule has 0 radical (unpaired) electrons. The largest absolute Gasteiger partial charge is 0.332 e. The molecule has 0 aromatic rings. The summed E-state index contributed by atoms with van der Waals surface area (Å²) in [6.07, 6.45) is 2.01. The highest BCUT2D eigenvalue weighted by Crippen LogP contribution is 1.76. The van der Waals surface area contributed by atoms with Crippen LogP contribution in [0.25, 0.3) is 0 Å². The molecule has 2 nitrogen and oxygen atoms in total. The van der Waals surface area contributed by atoms with Crippen molar-refractivity contribution >= 4 is 18.5 Å². The normalized spacial score (nSPS) is 9.75. The fraction of sp³-hybridized carbons (Fsp3) is 0.400. The van der Waals surface area contributed by atoms with E-state index in [1.54, 1.807) is 6.92 Å². The standard InChI is InChI=1S/C5H9NOS/c1-2-5(7)6-3-4-8/h3-4,8H,2H2,1H3,(H,6,7)/b4-3-. The molecule has 0 spiro atoms. The Balaban J connectivity index is 3.25. The molecule has 1 amide bonds. The van der Waals surface area contributed by atoms with Crippen LogP contribution in [-0.4, -0.2) is 5.91 Å². The Morgan fingerprint density at radius 3 is 2.88 bits per heavy atom. The average molecular weight is 131 g/mol. The van der Waals surface area contributed by atoms with E-state index in [9.17, 15) is 4.79 Å². The molecule has 8 heavy (non-hydrogen) atoms. The van der Waals surface area contributed by atoms with Gasteiger partial charge in [-0.1, -0.05) is 6.92 Å². The summed E-state index contributed by atoms with van der Waals surface area (Å²) >= 11 is 3.74. The minimum absolute atomic E-state index is 0.00954. The van der Waals surface area contributed by atoms with Crippen LogP contribution in [0, 0.1) is 0 Å².